The van der Waals surface area contributed by atoms with Gasteiger partial charge in [-0.3, -0.25) is 9.59 Å². The molecule has 0 aliphatic carbocycles. The Kier molecular flexibility index (Phi) is 7.44. The van der Waals surface area contributed by atoms with Crippen LogP contribution < -0.4 is 4.43 Å². The summed E-state index contributed by atoms with van der Waals surface area (Å²) in [5.41, 5.74) is 1.63. The van der Waals surface area contributed by atoms with E-state index in [0.717, 1.165) is 11.3 Å². The molecule has 0 bridgehead atoms. The van der Waals surface area contributed by atoms with Gasteiger partial charge in [0.15, 0.2) is 0 Å². The van der Waals surface area contributed by atoms with Crippen molar-refractivity contribution in [1.29, 1.82) is 0 Å². The number of hydrogen-bond acceptors (Lipinski definition) is 4. The minimum absolute atomic E-state index is 0.0000191. The van der Waals surface area contributed by atoms with Gasteiger partial charge in [0.25, 0.3) is 5.91 Å². The second-order valence-corrected chi connectivity index (χ2v) is 14.8. The Bertz CT molecular complexity index is 911. The van der Waals surface area contributed by atoms with E-state index in [2.05, 4.69) is 33.9 Å². The summed E-state index contributed by atoms with van der Waals surface area (Å²) in [6.45, 7) is 12.5. The Morgan fingerprint density at radius 3 is 2.12 bits per heavy atom. The molecule has 1 fully saturated rings. The SMILES string of the molecule is CC(C)(C)[Si](C)(C)Oc1ccc(C(=O)N2CCC(C(=O)OCc3ccccc3)CC2)cc1. The number of esters is 1. The quantitative estimate of drug-likeness (QED) is 0.418. The fourth-order valence-corrected chi connectivity index (χ4v) is 4.49. The molecule has 0 unspecified atom stereocenters. The third-order valence-electron chi connectivity index (χ3n) is 6.62. The Hall–Kier alpha value is -2.60. The third kappa shape index (κ3) is 6.00. The average Bonchev–Trinajstić information content (AvgIpc) is 2.77. The molecule has 0 aromatic heterocycles. The summed E-state index contributed by atoms with van der Waals surface area (Å²) < 4.78 is 11.8. The van der Waals surface area contributed by atoms with Gasteiger partial charge in [-0.05, 0) is 60.8 Å². The highest BCUT2D eigenvalue weighted by molar-refractivity contribution is 6.74. The lowest BCUT2D eigenvalue weighted by Crippen LogP contribution is -2.43. The zero-order valence-electron chi connectivity index (χ0n) is 19.9. The molecule has 0 N–H and O–H groups in total. The second kappa shape index (κ2) is 9.90. The molecule has 5 nitrogen and oxygen atoms in total. The number of hydrogen-bond donors (Lipinski definition) is 0. The van der Waals surface area contributed by atoms with Crippen molar-refractivity contribution < 1.29 is 18.8 Å². The van der Waals surface area contributed by atoms with Crippen LogP contribution in [-0.2, 0) is 16.1 Å². The predicted molar refractivity (Wildman–Crippen MR) is 129 cm³/mol. The molecule has 1 aliphatic rings. The Balaban J connectivity index is 1.50. The zero-order chi connectivity index (χ0) is 23.4. The highest BCUT2D eigenvalue weighted by atomic mass is 28.4. The van der Waals surface area contributed by atoms with Gasteiger partial charge < -0.3 is 14.1 Å². The number of carbonyl (C=O) groups is 2. The third-order valence-corrected chi connectivity index (χ3v) is 11.0. The summed E-state index contributed by atoms with van der Waals surface area (Å²) in [5, 5.41) is 0.119. The van der Waals surface area contributed by atoms with Gasteiger partial charge in [-0.2, -0.15) is 0 Å². The van der Waals surface area contributed by atoms with E-state index in [1.807, 2.05) is 59.5 Å². The molecule has 1 heterocycles. The molecular weight excluding hydrogens is 418 g/mol. The van der Waals surface area contributed by atoms with Crippen LogP contribution in [0, 0.1) is 5.92 Å². The highest BCUT2D eigenvalue weighted by Gasteiger charge is 2.39. The number of nitrogens with zero attached hydrogens (tertiary/aromatic N) is 1. The van der Waals surface area contributed by atoms with E-state index in [9.17, 15) is 9.59 Å². The Labute approximate surface area is 192 Å². The van der Waals surface area contributed by atoms with Crippen molar-refractivity contribution in [2.75, 3.05) is 13.1 Å². The van der Waals surface area contributed by atoms with E-state index in [0.29, 0.717) is 38.1 Å². The number of amides is 1. The number of benzene rings is 2. The normalized spacial score (nSPS) is 15.3. The summed E-state index contributed by atoms with van der Waals surface area (Å²) in [7, 11) is -1.91. The van der Waals surface area contributed by atoms with Crippen molar-refractivity contribution >= 4 is 20.2 Å². The van der Waals surface area contributed by atoms with E-state index in [1.165, 1.54) is 0 Å². The van der Waals surface area contributed by atoms with Crippen molar-refractivity contribution in [2.45, 2.75) is 58.4 Å². The largest absolute Gasteiger partial charge is 0.544 e. The van der Waals surface area contributed by atoms with Crippen LogP contribution in [0.15, 0.2) is 54.6 Å². The van der Waals surface area contributed by atoms with Crippen LogP contribution in [0.4, 0.5) is 0 Å². The smallest absolute Gasteiger partial charge is 0.309 e. The average molecular weight is 454 g/mol. The maximum atomic E-state index is 12.9. The standard InChI is InChI=1S/C26H35NO4Si/c1-26(2,3)32(4,5)31-23-13-11-21(12-14-23)24(28)27-17-15-22(16-18-27)25(29)30-19-20-9-7-6-8-10-20/h6-14,22H,15-19H2,1-5H3. The van der Waals surface area contributed by atoms with Gasteiger partial charge in [0.2, 0.25) is 8.32 Å². The van der Waals surface area contributed by atoms with E-state index >= 15 is 0 Å². The second-order valence-electron chi connectivity index (χ2n) is 10.0. The van der Waals surface area contributed by atoms with Crippen LogP contribution in [0.25, 0.3) is 0 Å². The Morgan fingerprint density at radius 2 is 1.56 bits per heavy atom. The number of carbonyl (C=O) groups excluding carboxylic acids is 2. The van der Waals surface area contributed by atoms with Crippen LogP contribution in [0.5, 0.6) is 5.75 Å². The van der Waals surface area contributed by atoms with Crippen molar-refractivity contribution in [2.24, 2.45) is 5.92 Å². The van der Waals surface area contributed by atoms with E-state index in [1.54, 1.807) is 0 Å². The van der Waals surface area contributed by atoms with Gasteiger partial charge in [0.05, 0.1) is 5.92 Å². The van der Waals surface area contributed by atoms with Crippen molar-refractivity contribution in [3.8, 4) is 5.75 Å². The Morgan fingerprint density at radius 1 is 0.969 bits per heavy atom. The summed E-state index contributed by atoms with van der Waals surface area (Å²) in [6, 6.07) is 17.1. The lowest BCUT2D eigenvalue weighted by atomic mass is 9.96. The minimum atomic E-state index is -1.91. The molecular formula is C26H35NO4Si. The molecule has 0 saturated carbocycles. The van der Waals surface area contributed by atoms with E-state index < -0.39 is 8.32 Å². The summed E-state index contributed by atoms with van der Waals surface area (Å²) in [5.74, 6) is 0.490. The molecule has 172 valence electrons. The number of likely N-dealkylation sites (tertiary alicyclic amines) is 1. The molecule has 0 spiro atoms. The van der Waals surface area contributed by atoms with Crippen molar-refractivity contribution in [1.82, 2.24) is 4.90 Å². The fourth-order valence-electron chi connectivity index (χ4n) is 3.46. The molecule has 2 aromatic carbocycles. The molecule has 1 amide bonds. The van der Waals surface area contributed by atoms with Crippen LogP contribution in [0.2, 0.25) is 18.1 Å². The molecule has 0 atom stereocenters. The van der Waals surface area contributed by atoms with Gasteiger partial charge >= 0.3 is 5.97 Å². The van der Waals surface area contributed by atoms with Gasteiger partial charge in [0.1, 0.15) is 12.4 Å². The van der Waals surface area contributed by atoms with Crippen LogP contribution in [-0.4, -0.2) is 38.2 Å². The predicted octanol–water partition coefficient (Wildman–Crippen LogP) is 5.67. The van der Waals surface area contributed by atoms with E-state index in [-0.39, 0.29) is 22.8 Å². The van der Waals surface area contributed by atoms with Crippen LogP contribution >= 0.6 is 0 Å². The van der Waals surface area contributed by atoms with Gasteiger partial charge in [-0.15, -0.1) is 0 Å². The summed E-state index contributed by atoms with van der Waals surface area (Å²) >= 11 is 0. The summed E-state index contributed by atoms with van der Waals surface area (Å²) in [6.07, 6.45) is 1.26. The maximum absolute atomic E-state index is 12.9. The van der Waals surface area contributed by atoms with Gasteiger partial charge in [-0.25, -0.2) is 0 Å². The maximum Gasteiger partial charge on any atom is 0.309 e. The fraction of sp³-hybridized carbons (Fsp3) is 0.462. The van der Waals surface area contributed by atoms with Crippen molar-refractivity contribution in [3.05, 3.63) is 65.7 Å². The van der Waals surface area contributed by atoms with Crippen molar-refractivity contribution in [3.63, 3.8) is 0 Å². The number of ether oxygens (including phenoxy) is 1. The molecule has 1 aliphatic heterocycles. The first kappa shape index (κ1) is 24.0. The van der Waals surface area contributed by atoms with Crippen LogP contribution in [0.3, 0.4) is 0 Å². The molecule has 2 aromatic rings. The first-order valence-corrected chi connectivity index (χ1v) is 14.3. The summed E-state index contributed by atoms with van der Waals surface area (Å²) in [4.78, 5) is 27.1. The molecule has 1 saturated heterocycles. The lowest BCUT2D eigenvalue weighted by molar-refractivity contribution is -0.151. The molecule has 6 heteroatoms. The molecule has 3 rings (SSSR count). The first-order valence-electron chi connectivity index (χ1n) is 11.4. The van der Waals surface area contributed by atoms with Gasteiger partial charge in [-0.1, -0.05) is 51.1 Å². The number of piperidine rings is 1. The van der Waals surface area contributed by atoms with Crippen LogP contribution in [0.1, 0.15) is 49.5 Å². The topological polar surface area (TPSA) is 55.8 Å². The first-order chi connectivity index (χ1) is 15.1. The highest BCUT2D eigenvalue weighted by Crippen LogP contribution is 2.37. The number of rotatable bonds is 6. The minimum Gasteiger partial charge on any atom is -0.544 e. The zero-order valence-corrected chi connectivity index (χ0v) is 20.9. The monoisotopic (exact) mass is 453 g/mol. The molecule has 32 heavy (non-hydrogen) atoms. The van der Waals surface area contributed by atoms with E-state index in [4.69, 9.17) is 9.16 Å². The molecule has 0 radical (unpaired) electrons. The lowest BCUT2D eigenvalue weighted by Gasteiger charge is -2.36. The van der Waals surface area contributed by atoms with Gasteiger partial charge in [0, 0.05) is 18.7 Å².